The molecule has 38 heavy (non-hydrogen) atoms. The van der Waals surface area contributed by atoms with Crippen LogP contribution in [0.3, 0.4) is 0 Å². The maximum atomic E-state index is 15.3. The summed E-state index contributed by atoms with van der Waals surface area (Å²) in [6, 6.07) is 1.62. The van der Waals surface area contributed by atoms with Crippen molar-refractivity contribution in [1.29, 1.82) is 0 Å². The number of methoxy groups -OCH3 is 1. The number of pyridine rings is 1. The molecule has 3 aliphatic rings. The van der Waals surface area contributed by atoms with E-state index in [2.05, 4.69) is 5.32 Å². The summed E-state index contributed by atoms with van der Waals surface area (Å²) in [5, 5.41) is 37.2. The Hall–Kier alpha value is -3.71. The molecule has 13 heteroatoms. The van der Waals surface area contributed by atoms with E-state index >= 15 is 4.39 Å². The smallest absolute Gasteiger partial charge is 0.341 e. The normalized spacial score (nSPS) is 21.3. The highest BCUT2D eigenvalue weighted by molar-refractivity contribution is 5.97. The third kappa shape index (κ3) is 5.43. The van der Waals surface area contributed by atoms with Crippen molar-refractivity contribution < 1.29 is 43.9 Å². The number of hydrogen-bond donors (Lipinski definition) is 5. The van der Waals surface area contributed by atoms with Crippen molar-refractivity contribution in [2.24, 2.45) is 5.92 Å². The van der Waals surface area contributed by atoms with Crippen LogP contribution in [0, 0.1) is 11.7 Å². The van der Waals surface area contributed by atoms with Crippen LogP contribution in [-0.4, -0.2) is 81.8 Å². The van der Waals surface area contributed by atoms with Crippen LogP contribution >= 0.6 is 0 Å². The lowest BCUT2D eigenvalue weighted by Crippen LogP contribution is -2.40. The number of aliphatic hydroxyl groups excluding tert-OH is 1. The Bertz CT molecular complexity index is 1310. The molecule has 2 aliphatic heterocycles. The van der Waals surface area contributed by atoms with Crippen LogP contribution in [0.4, 0.5) is 10.1 Å². The molecule has 2 aromatic rings. The predicted octanol–water partition coefficient (Wildman–Crippen LogP) is 1.28. The minimum absolute atomic E-state index is 0.0599. The van der Waals surface area contributed by atoms with Crippen molar-refractivity contribution in [3.8, 4) is 5.75 Å². The number of carboxylic acid groups (broad SMARTS) is 3. The Kier molecular flexibility index (Phi) is 7.88. The second-order valence-corrected chi connectivity index (χ2v) is 9.77. The molecule has 3 fully saturated rings. The van der Waals surface area contributed by atoms with Gasteiger partial charge in [-0.15, -0.1) is 0 Å². The number of aliphatic hydroxyl groups is 1. The van der Waals surface area contributed by atoms with E-state index in [0.717, 1.165) is 38.8 Å². The van der Waals surface area contributed by atoms with Gasteiger partial charge in [0.15, 0.2) is 17.7 Å². The molecule has 1 saturated carbocycles. The molecular weight excluding hydrogens is 505 g/mol. The first-order valence-electron chi connectivity index (χ1n) is 12.3. The molecule has 1 unspecified atom stereocenters. The number of anilines is 1. The lowest BCUT2D eigenvalue weighted by Gasteiger charge is -2.25. The summed E-state index contributed by atoms with van der Waals surface area (Å²) in [5.74, 6) is -3.91. The summed E-state index contributed by atoms with van der Waals surface area (Å²) in [5.41, 5.74) is -0.155. The molecule has 5 rings (SSSR count). The van der Waals surface area contributed by atoms with E-state index in [4.69, 9.17) is 20.1 Å². The summed E-state index contributed by atoms with van der Waals surface area (Å²) in [6.07, 6.45) is 2.86. The van der Waals surface area contributed by atoms with Gasteiger partial charge in [0.25, 0.3) is 0 Å². The van der Waals surface area contributed by atoms with E-state index in [9.17, 15) is 24.3 Å². The number of piperidine rings is 1. The van der Waals surface area contributed by atoms with Crippen LogP contribution < -0.4 is 20.4 Å². The maximum absolute atomic E-state index is 15.3. The topological polar surface area (TPSA) is 179 Å². The zero-order valence-corrected chi connectivity index (χ0v) is 20.7. The number of carboxylic acids is 3. The number of halogens is 1. The van der Waals surface area contributed by atoms with Crippen molar-refractivity contribution in [2.45, 2.75) is 50.3 Å². The molecule has 1 aromatic carbocycles. The molecule has 0 spiro atoms. The number of carbonyl (C=O) groups is 3. The fraction of sp³-hybridized carbons (Fsp3) is 0.520. The molecule has 206 valence electrons. The zero-order valence-electron chi connectivity index (χ0n) is 20.7. The highest BCUT2D eigenvalue weighted by Gasteiger charge is 2.38. The summed E-state index contributed by atoms with van der Waals surface area (Å²) in [4.78, 5) is 45.8. The Balaban J connectivity index is 0.000000323. The quantitative estimate of drug-likeness (QED) is 0.345. The SMILES string of the molecule is COc1c(N2C[C@@H]3CCCN[C@@H]3C2)c(F)cc2c(=O)c(C(=O)O)cn(C3CC3)c12.O=C(O)CC(O)C(=O)O. The number of fused-ring (bicyclic) bond motifs is 2. The highest BCUT2D eigenvalue weighted by atomic mass is 19.1. The van der Waals surface area contributed by atoms with Gasteiger partial charge in [-0.2, -0.15) is 0 Å². The van der Waals surface area contributed by atoms with Gasteiger partial charge in [0.2, 0.25) is 5.43 Å². The lowest BCUT2D eigenvalue weighted by atomic mass is 9.94. The number of benzene rings is 1. The Morgan fingerprint density at radius 1 is 1.18 bits per heavy atom. The van der Waals surface area contributed by atoms with Crippen LogP contribution in [-0.2, 0) is 9.59 Å². The van der Waals surface area contributed by atoms with E-state index in [1.54, 1.807) is 4.57 Å². The number of aromatic nitrogens is 1. The third-order valence-corrected chi connectivity index (χ3v) is 7.14. The Morgan fingerprint density at radius 2 is 1.89 bits per heavy atom. The number of rotatable bonds is 7. The average molecular weight is 536 g/mol. The minimum Gasteiger partial charge on any atom is -0.492 e. The molecular formula is C25H30FN3O9. The molecule has 5 N–H and O–H groups in total. The predicted molar refractivity (Wildman–Crippen MR) is 133 cm³/mol. The number of aliphatic carboxylic acids is 2. The summed E-state index contributed by atoms with van der Waals surface area (Å²) < 4.78 is 22.8. The second kappa shape index (κ2) is 11.0. The van der Waals surface area contributed by atoms with E-state index in [-0.39, 0.29) is 17.0 Å². The van der Waals surface area contributed by atoms with Gasteiger partial charge in [-0.25, -0.2) is 14.0 Å². The minimum atomic E-state index is -1.79. The summed E-state index contributed by atoms with van der Waals surface area (Å²) in [7, 11) is 1.48. The van der Waals surface area contributed by atoms with Gasteiger partial charge in [0, 0.05) is 31.4 Å². The van der Waals surface area contributed by atoms with Crippen molar-refractivity contribution in [1.82, 2.24) is 9.88 Å². The standard InChI is InChI=1S/C21H24FN3O4.C4H6O5/c1-29-20-17-13(19(26)14(21(27)28)9-25(17)12-4-5-12)7-15(22)18(20)24-8-11-3-2-6-23-16(11)10-24;5-2(4(8)9)1-3(6)7/h7,9,11-12,16,23H,2-6,8,10H2,1H3,(H,27,28);2,5H,1H2,(H,6,7)(H,8,9)/t11-,16+;/m0./s1. The molecule has 3 heterocycles. The molecule has 0 amide bonds. The molecule has 3 atom stereocenters. The van der Waals surface area contributed by atoms with Gasteiger partial charge in [-0.3, -0.25) is 9.59 Å². The van der Waals surface area contributed by atoms with E-state index in [1.807, 2.05) is 4.90 Å². The van der Waals surface area contributed by atoms with E-state index < -0.39 is 41.7 Å². The largest absolute Gasteiger partial charge is 0.492 e. The van der Waals surface area contributed by atoms with Gasteiger partial charge < -0.3 is 39.9 Å². The molecule has 1 aliphatic carbocycles. The van der Waals surface area contributed by atoms with Gasteiger partial charge in [0.1, 0.15) is 11.3 Å². The fourth-order valence-electron chi connectivity index (χ4n) is 5.21. The lowest BCUT2D eigenvalue weighted by molar-refractivity contribution is -0.152. The summed E-state index contributed by atoms with van der Waals surface area (Å²) in [6.45, 7) is 2.40. The first kappa shape index (κ1) is 27.3. The number of nitrogens with zero attached hydrogens (tertiary/aromatic N) is 2. The molecule has 0 bridgehead atoms. The first-order chi connectivity index (χ1) is 18.0. The second-order valence-electron chi connectivity index (χ2n) is 9.77. The first-order valence-corrected chi connectivity index (χ1v) is 12.3. The number of aromatic carboxylic acids is 1. The third-order valence-electron chi connectivity index (χ3n) is 7.14. The van der Waals surface area contributed by atoms with Gasteiger partial charge in [-0.1, -0.05) is 0 Å². The maximum Gasteiger partial charge on any atom is 0.341 e. The van der Waals surface area contributed by atoms with Crippen LogP contribution in [0.2, 0.25) is 0 Å². The van der Waals surface area contributed by atoms with Crippen LogP contribution in [0.25, 0.3) is 10.9 Å². The average Bonchev–Trinajstić information content (AvgIpc) is 3.61. The van der Waals surface area contributed by atoms with Crippen molar-refractivity contribution in [3.63, 3.8) is 0 Å². The van der Waals surface area contributed by atoms with Gasteiger partial charge in [-0.05, 0) is 44.2 Å². The highest BCUT2D eigenvalue weighted by Crippen LogP contribution is 2.45. The van der Waals surface area contributed by atoms with Gasteiger partial charge >= 0.3 is 17.9 Å². The Labute approximate surface area is 216 Å². The van der Waals surface area contributed by atoms with E-state index in [1.165, 1.54) is 19.4 Å². The van der Waals surface area contributed by atoms with Crippen LogP contribution in [0.1, 0.15) is 48.5 Å². The molecule has 2 saturated heterocycles. The molecule has 1 aromatic heterocycles. The molecule has 0 radical (unpaired) electrons. The van der Waals surface area contributed by atoms with Crippen molar-refractivity contribution in [3.05, 3.63) is 33.9 Å². The van der Waals surface area contributed by atoms with Crippen LogP contribution in [0.15, 0.2) is 17.1 Å². The molecule has 12 nitrogen and oxygen atoms in total. The fourth-order valence-corrected chi connectivity index (χ4v) is 5.21. The van der Waals surface area contributed by atoms with Crippen molar-refractivity contribution in [2.75, 3.05) is 31.6 Å². The number of nitrogens with one attached hydrogen (secondary N) is 1. The van der Waals surface area contributed by atoms with Crippen molar-refractivity contribution >= 4 is 34.5 Å². The zero-order chi connectivity index (χ0) is 27.7. The Morgan fingerprint density at radius 3 is 2.42 bits per heavy atom. The number of hydrogen-bond acceptors (Lipinski definition) is 8. The monoisotopic (exact) mass is 535 g/mol. The van der Waals surface area contributed by atoms with Crippen LogP contribution in [0.5, 0.6) is 5.75 Å². The number of ether oxygens (including phenoxy) is 1. The van der Waals surface area contributed by atoms with E-state index in [0.29, 0.717) is 35.5 Å². The summed E-state index contributed by atoms with van der Waals surface area (Å²) >= 11 is 0. The van der Waals surface area contributed by atoms with Gasteiger partial charge in [0.05, 0.1) is 24.4 Å².